The number of rotatable bonds is 2. The van der Waals surface area contributed by atoms with E-state index >= 15 is 0 Å². The van der Waals surface area contributed by atoms with Gasteiger partial charge >= 0.3 is 0 Å². The van der Waals surface area contributed by atoms with Crippen molar-refractivity contribution in [3.05, 3.63) is 28.2 Å². The minimum Gasteiger partial charge on any atom is -0.491 e. The highest BCUT2D eigenvalue weighted by molar-refractivity contribution is 9.10. The number of benzene rings is 1. The normalized spacial score (nSPS) is 9.77. The van der Waals surface area contributed by atoms with Crippen molar-refractivity contribution >= 4 is 15.9 Å². The number of ether oxygens (including phenoxy) is 1. The highest BCUT2D eigenvalue weighted by atomic mass is 79.9. The SMILES string of the molecule is C#Cc1cc(OC(C)C)ccc1Br. The molecule has 1 nitrogen and oxygen atoms in total. The van der Waals surface area contributed by atoms with Gasteiger partial charge in [0.25, 0.3) is 0 Å². The average molecular weight is 239 g/mol. The van der Waals surface area contributed by atoms with Crippen molar-refractivity contribution in [3.63, 3.8) is 0 Å². The molecule has 0 N–H and O–H groups in total. The Balaban J connectivity index is 2.95. The zero-order valence-corrected chi connectivity index (χ0v) is 9.26. The highest BCUT2D eigenvalue weighted by Crippen LogP contribution is 2.22. The molecule has 0 aliphatic heterocycles. The fraction of sp³-hybridized carbons (Fsp3) is 0.273. The van der Waals surface area contributed by atoms with Crippen LogP contribution in [0.2, 0.25) is 0 Å². The van der Waals surface area contributed by atoms with Gasteiger partial charge in [-0.05, 0) is 48.0 Å². The zero-order chi connectivity index (χ0) is 9.84. The van der Waals surface area contributed by atoms with Gasteiger partial charge < -0.3 is 4.74 Å². The largest absolute Gasteiger partial charge is 0.491 e. The van der Waals surface area contributed by atoms with Gasteiger partial charge in [-0.15, -0.1) is 6.42 Å². The molecule has 2 heteroatoms. The van der Waals surface area contributed by atoms with Crippen molar-refractivity contribution in [2.75, 3.05) is 0 Å². The van der Waals surface area contributed by atoms with Crippen LogP contribution < -0.4 is 4.74 Å². The molecule has 0 heterocycles. The summed E-state index contributed by atoms with van der Waals surface area (Å²) < 4.78 is 6.42. The lowest BCUT2D eigenvalue weighted by atomic mass is 10.2. The first-order valence-corrected chi connectivity index (χ1v) is 4.85. The van der Waals surface area contributed by atoms with Gasteiger partial charge in [-0.1, -0.05) is 5.92 Å². The van der Waals surface area contributed by atoms with Crippen LogP contribution in [0.5, 0.6) is 5.75 Å². The molecule has 13 heavy (non-hydrogen) atoms. The Labute approximate surface area is 87.2 Å². The lowest BCUT2D eigenvalue weighted by molar-refractivity contribution is 0.242. The summed E-state index contributed by atoms with van der Waals surface area (Å²) in [5, 5.41) is 0. The summed E-state index contributed by atoms with van der Waals surface area (Å²) in [6, 6.07) is 5.64. The molecule has 0 atom stereocenters. The maximum absolute atomic E-state index is 5.50. The molecular formula is C11H11BrO. The van der Waals surface area contributed by atoms with E-state index in [9.17, 15) is 0 Å². The van der Waals surface area contributed by atoms with Crippen LogP contribution in [0.1, 0.15) is 19.4 Å². The summed E-state index contributed by atoms with van der Waals surface area (Å²) in [6.07, 6.45) is 5.49. The molecule has 1 rings (SSSR count). The number of halogens is 1. The Bertz CT molecular complexity index is 336. The molecule has 0 aliphatic carbocycles. The predicted octanol–water partition coefficient (Wildman–Crippen LogP) is 3.22. The van der Waals surface area contributed by atoms with Crippen molar-refractivity contribution in [2.45, 2.75) is 20.0 Å². The lowest BCUT2D eigenvalue weighted by Crippen LogP contribution is -2.05. The summed E-state index contributed by atoms with van der Waals surface area (Å²) in [7, 11) is 0. The minimum atomic E-state index is 0.173. The van der Waals surface area contributed by atoms with Gasteiger partial charge in [0.2, 0.25) is 0 Å². The summed E-state index contributed by atoms with van der Waals surface area (Å²) in [5.74, 6) is 3.39. The van der Waals surface area contributed by atoms with Crippen LogP contribution >= 0.6 is 15.9 Å². The molecule has 0 radical (unpaired) electrons. The number of hydrogen-bond acceptors (Lipinski definition) is 1. The number of terminal acetylenes is 1. The molecule has 0 bridgehead atoms. The van der Waals surface area contributed by atoms with Crippen LogP contribution in [0.15, 0.2) is 22.7 Å². The molecule has 0 spiro atoms. The van der Waals surface area contributed by atoms with Crippen molar-refractivity contribution in [1.29, 1.82) is 0 Å². The smallest absolute Gasteiger partial charge is 0.121 e. The third-order valence-corrected chi connectivity index (χ3v) is 2.16. The van der Waals surface area contributed by atoms with Crippen LogP contribution in [0.25, 0.3) is 0 Å². The van der Waals surface area contributed by atoms with E-state index in [0.29, 0.717) is 0 Å². The maximum Gasteiger partial charge on any atom is 0.121 e. The van der Waals surface area contributed by atoms with E-state index in [1.54, 1.807) is 0 Å². The van der Waals surface area contributed by atoms with Gasteiger partial charge in [0.15, 0.2) is 0 Å². The lowest BCUT2D eigenvalue weighted by Gasteiger charge is -2.10. The van der Waals surface area contributed by atoms with Crippen LogP contribution in [-0.4, -0.2) is 6.10 Å². The fourth-order valence-corrected chi connectivity index (χ4v) is 1.32. The molecule has 0 saturated carbocycles. The first-order chi connectivity index (χ1) is 6.13. The molecule has 1 aromatic carbocycles. The van der Waals surface area contributed by atoms with Gasteiger partial charge in [-0.25, -0.2) is 0 Å². The van der Waals surface area contributed by atoms with Crippen molar-refractivity contribution in [1.82, 2.24) is 0 Å². The third kappa shape index (κ3) is 2.78. The van der Waals surface area contributed by atoms with Crippen LogP contribution in [0, 0.1) is 12.3 Å². The molecular weight excluding hydrogens is 228 g/mol. The summed E-state index contributed by atoms with van der Waals surface area (Å²) in [5.41, 5.74) is 0.818. The molecule has 0 aliphatic rings. The first-order valence-electron chi connectivity index (χ1n) is 4.06. The summed E-state index contributed by atoms with van der Waals surface area (Å²) in [4.78, 5) is 0. The van der Waals surface area contributed by atoms with Gasteiger partial charge in [0.1, 0.15) is 5.75 Å². The Morgan fingerprint density at radius 3 is 2.69 bits per heavy atom. The van der Waals surface area contributed by atoms with E-state index in [4.69, 9.17) is 11.2 Å². The van der Waals surface area contributed by atoms with E-state index in [1.165, 1.54) is 0 Å². The van der Waals surface area contributed by atoms with Crippen LogP contribution in [0.3, 0.4) is 0 Å². The van der Waals surface area contributed by atoms with Crippen molar-refractivity contribution < 1.29 is 4.74 Å². The van der Waals surface area contributed by atoms with Gasteiger partial charge in [0.05, 0.1) is 6.10 Å². The standard InChI is InChI=1S/C11H11BrO/c1-4-9-7-10(13-8(2)3)5-6-11(9)12/h1,5-8H,2-3H3. The zero-order valence-electron chi connectivity index (χ0n) is 7.67. The fourth-order valence-electron chi connectivity index (χ4n) is 0.960. The molecule has 68 valence electrons. The van der Waals surface area contributed by atoms with Gasteiger partial charge in [-0.2, -0.15) is 0 Å². The van der Waals surface area contributed by atoms with E-state index in [-0.39, 0.29) is 6.10 Å². The quantitative estimate of drug-likeness (QED) is 0.720. The number of hydrogen-bond donors (Lipinski definition) is 0. The van der Waals surface area contributed by atoms with Gasteiger partial charge in [-0.3, -0.25) is 0 Å². The summed E-state index contributed by atoms with van der Waals surface area (Å²) in [6.45, 7) is 3.97. The molecule has 0 fully saturated rings. The molecule has 1 aromatic rings. The van der Waals surface area contributed by atoms with E-state index in [1.807, 2.05) is 32.0 Å². The minimum absolute atomic E-state index is 0.173. The topological polar surface area (TPSA) is 9.23 Å². The third-order valence-electron chi connectivity index (χ3n) is 1.47. The molecule has 0 aromatic heterocycles. The second kappa shape index (κ2) is 4.34. The Morgan fingerprint density at radius 1 is 1.46 bits per heavy atom. The second-order valence-corrected chi connectivity index (χ2v) is 3.81. The van der Waals surface area contributed by atoms with Crippen molar-refractivity contribution in [2.24, 2.45) is 0 Å². The van der Waals surface area contributed by atoms with E-state index < -0.39 is 0 Å². The van der Waals surface area contributed by atoms with Crippen LogP contribution in [0.4, 0.5) is 0 Å². The monoisotopic (exact) mass is 238 g/mol. The molecule has 0 saturated heterocycles. The highest BCUT2D eigenvalue weighted by Gasteiger charge is 2.01. The Hall–Kier alpha value is -0.940. The molecule has 0 amide bonds. The van der Waals surface area contributed by atoms with Crippen molar-refractivity contribution in [3.8, 4) is 18.1 Å². The second-order valence-electron chi connectivity index (χ2n) is 2.95. The Morgan fingerprint density at radius 2 is 2.15 bits per heavy atom. The maximum atomic E-state index is 5.50. The van der Waals surface area contributed by atoms with E-state index in [2.05, 4.69) is 21.9 Å². The first kappa shape index (κ1) is 10.1. The predicted molar refractivity (Wildman–Crippen MR) is 57.8 cm³/mol. The Kier molecular flexibility index (Phi) is 3.39. The molecule has 0 unspecified atom stereocenters. The summed E-state index contributed by atoms with van der Waals surface area (Å²) >= 11 is 3.36. The van der Waals surface area contributed by atoms with E-state index in [0.717, 1.165) is 15.8 Å². The van der Waals surface area contributed by atoms with Gasteiger partial charge in [0, 0.05) is 10.0 Å². The average Bonchev–Trinajstić information content (AvgIpc) is 2.07. The van der Waals surface area contributed by atoms with Crippen LogP contribution in [-0.2, 0) is 0 Å².